The van der Waals surface area contributed by atoms with Crippen molar-refractivity contribution in [3.8, 4) is 0 Å². The van der Waals surface area contributed by atoms with Crippen LogP contribution in [0.1, 0.15) is 59.8 Å². The van der Waals surface area contributed by atoms with Gasteiger partial charge in [0.2, 0.25) is 5.91 Å². The van der Waals surface area contributed by atoms with E-state index < -0.39 is 61.8 Å². The van der Waals surface area contributed by atoms with Gasteiger partial charge in [-0.2, -0.15) is 0 Å². The summed E-state index contributed by atoms with van der Waals surface area (Å²) in [5.41, 5.74) is -2.44. The zero-order chi connectivity index (χ0) is 27.4. The minimum atomic E-state index is -4.00. The molecule has 1 aromatic carbocycles. The van der Waals surface area contributed by atoms with Gasteiger partial charge in [-0.1, -0.05) is 45.9 Å². The third-order valence-corrected chi connectivity index (χ3v) is 13.6. The monoisotopic (exact) mass is 545 g/mol. The fraction of sp³-hybridized carbons (Fsp3) is 0.724. The van der Waals surface area contributed by atoms with Crippen molar-refractivity contribution in [1.82, 2.24) is 5.32 Å². The van der Waals surface area contributed by atoms with Crippen molar-refractivity contribution in [3.63, 3.8) is 0 Å². The Bertz CT molecular complexity index is 1260. The second-order valence-electron chi connectivity index (χ2n) is 13.4. The van der Waals surface area contributed by atoms with Gasteiger partial charge in [-0.15, -0.1) is 0 Å². The van der Waals surface area contributed by atoms with Gasteiger partial charge in [0.15, 0.2) is 15.6 Å². The van der Waals surface area contributed by atoms with Crippen LogP contribution in [-0.2, 0) is 24.2 Å². The third kappa shape index (κ3) is 3.28. The number of carbonyl (C=O) groups is 2. The summed E-state index contributed by atoms with van der Waals surface area (Å²) < 4.78 is 35.2. The Morgan fingerprint density at radius 1 is 1.03 bits per heavy atom. The molecule has 3 aliphatic carbocycles. The fourth-order valence-electron chi connectivity index (χ4n) is 9.23. The molecule has 1 spiro atoms. The van der Waals surface area contributed by atoms with E-state index in [0.717, 1.165) is 12.8 Å². The van der Waals surface area contributed by atoms with Gasteiger partial charge in [0.1, 0.15) is 11.5 Å². The molecule has 3 N–H and O–H groups in total. The van der Waals surface area contributed by atoms with Crippen molar-refractivity contribution < 1.29 is 33.0 Å². The SMILES string of the molecule is CC1CCC2C(C)(C)C(=O)C(S(=O)(=O)c3ccccc3)CC23OC2C(CC13C)C(O)CC1C(=O)NC(O)C12. The van der Waals surface area contributed by atoms with Crippen LogP contribution in [0, 0.1) is 40.4 Å². The quantitative estimate of drug-likeness (QED) is 0.521. The van der Waals surface area contributed by atoms with Gasteiger partial charge in [0, 0.05) is 29.6 Å². The number of aliphatic hydroxyl groups is 2. The highest BCUT2D eigenvalue weighted by atomic mass is 32.2. The predicted molar refractivity (Wildman–Crippen MR) is 138 cm³/mol. The average molecular weight is 546 g/mol. The van der Waals surface area contributed by atoms with Crippen LogP contribution >= 0.6 is 0 Å². The van der Waals surface area contributed by atoms with Crippen molar-refractivity contribution in [2.75, 3.05) is 0 Å². The van der Waals surface area contributed by atoms with E-state index in [1.807, 2.05) is 13.8 Å². The second kappa shape index (κ2) is 8.35. The molecule has 208 valence electrons. The van der Waals surface area contributed by atoms with E-state index in [9.17, 15) is 28.2 Å². The first kappa shape index (κ1) is 26.4. The maximum atomic E-state index is 14.0. The number of benzene rings is 1. The number of fused-ring (bicyclic) bond motifs is 3. The second-order valence-corrected chi connectivity index (χ2v) is 15.5. The lowest BCUT2D eigenvalue weighted by Gasteiger charge is -2.70. The number of sulfone groups is 1. The molecule has 5 aliphatic rings. The smallest absolute Gasteiger partial charge is 0.225 e. The third-order valence-electron chi connectivity index (χ3n) is 11.5. The van der Waals surface area contributed by atoms with E-state index in [-0.39, 0.29) is 47.2 Å². The fourth-order valence-corrected chi connectivity index (χ4v) is 11.1. The Labute approximate surface area is 224 Å². The summed E-state index contributed by atoms with van der Waals surface area (Å²) >= 11 is 0. The normalized spacial score (nSPS) is 47.8. The van der Waals surface area contributed by atoms with Gasteiger partial charge >= 0.3 is 0 Å². The van der Waals surface area contributed by atoms with E-state index in [0.29, 0.717) is 6.42 Å². The van der Waals surface area contributed by atoms with Crippen LogP contribution in [0.2, 0.25) is 0 Å². The Hall–Kier alpha value is -1.81. The molecule has 5 fully saturated rings. The maximum absolute atomic E-state index is 14.0. The first-order valence-electron chi connectivity index (χ1n) is 13.9. The molecule has 2 heterocycles. The predicted octanol–water partition coefficient (Wildman–Crippen LogP) is 2.47. The topological polar surface area (TPSA) is 130 Å². The van der Waals surface area contributed by atoms with Crippen LogP contribution in [0.15, 0.2) is 35.2 Å². The summed E-state index contributed by atoms with van der Waals surface area (Å²) in [5.74, 6) is -2.01. The highest BCUT2D eigenvalue weighted by Gasteiger charge is 2.73. The van der Waals surface area contributed by atoms with Gasteiger partial charge in [0.05, 0.1) is 28.6 Å². The molecule has 2 aliphatic heterocycles. The molecule has 8 nitrogen and oxygen atoms in total. The number of amides is 1. The molecule has 0 aromatic heterocycles. The van der Waals surface area contributed by atoms with Gasteiger partial charge < -0.3 is 20.3 Å². The molecule has 11 unspecified atom stereocenters. The van der Waals surface area contributed by atoms with Crippen molar-refractivity contribution in [3.05, 3.63) is 30.3 Å². The summed E-state index contributed by atoms with van der Waals surface area (Å²) in [6, 6.07) is 8.14. The van der Waals surface area contributed by atoms with E-state index in [4.69, 9.17) is 4.74 Å². The summed E-state index contributed by atoms with van der Waals surface area (Å²) in [6.45, 7) is 8.02. The summed E-state index contributed by atoms with van der Waals surface area (Å²) in [4.78, 5) is 26.8. The van der Waals surface area contributed by atoms with Gasteiger partial charge in [-0.25, -0.2) is 8.42 Å². The lowest BCUT2D eigenvalue weighted by Crippen LogP contribution is -2.75. The van der Waals surface area contributed by atoms with Crippen molar-refractivity contribution in [1.29, 1.82) is 0 Å². The van der Waals surface area contributed by atoms with Crippen molar-refractivity contribution >= 4 is 21.5 Å². The number of ether oxygens (including phenoxy) is 1. The number of carbonyl (C=O) groups excluding carboxylic acids is 2. The minimum absolute atomic E-state index is 0.0339. The molecule has 6 rings (SSSR count). The molecule has 1 aromatic rings. The summed E-state index contributed by atoms with van der Waals surface area (Å²) in [7, 11) is -4.00. The summed E-state index contributed by atoms with van der Waals surface area (Å²) in [6.07, 6.45) is 0.0183. The number of nitrogens with one attached hydrogen (secondary N) is 1. The van der Waals surface area contributed by atoms with Gasteiger partial charge in [-0.3, -0.25) is 9.59 Å². The largest absolute Gasteiger partial charge is 0.393 e. The van der Waals surface area contributed by atoms with Crippen LogP contribution in [0.25, 0.3) is 0 Å². The van der Waals surface area contributed by atoms with E-state index in [1.54, 1.807) is 18.2 Å². The molecule has 2 saturated heterocycles. The Kier molecular flexibility index (Phi) is 5.80. The number of aliphatic hydroxyl groups excluding tert-OH is 2. The lowest BCUT2D eigenvalue weighted by molar-refractivity contribution is -0.326. The zero-order valence-corrected chi connectivity index (χ0v) is 23.3. The molecule has 9 heteroatoms. The van der Waals surface area contributed by atoms with Crippen molar-refractivity contribution in [2.45, 2.75) is 94.0 Å². The van der Waals surface area contributed by atoms with Crippen LogP contribution in [0.3, 0.4) is 0 Å². The maximum Gasteiger partial charge on any atom is 0.225 e. The highest BCUT2D eigenvalue weighted by molar-refractivity contribution is 7.92. The Balaban J connectivity index is 1.51. The first-order chi connectivity index (χ1) is 17.8. The first-order valence-corrected chi connectivity index (χ1v) is 15.5. The standard InChI is InChI=1S/C29H39NO7S/c1-15-10-11-21-27(2,3)24(32)20(38(35,36)16-8-6-5-7-9-16)14-29(21)28(15,4)13-18-19(31)12-17-22(23(18)37-29)26(34)30-25(17)33/h5-9,15,17-23,26,31,34H,10-14H2,1-4H3,(H,30,33). The number of hydrogen-bond acceptors (Lipinski definition) is 7. The molecular weight excluding hydrogens is 506 g/mol. The van der Waals surface area contributed by atoms with E-state index in [1.165, 1.54) is 12.1 Å². The molecule has 1 amide bonds. The molecule has 3 saturated carbocycles. The number of ketones is 1. The van der Waals surface area contributed by atoms with Crippen LogP contribution < -0.4 is 5.32 Å². The molecule has 11 atom stereocenters. The lowest BCUT2D eigenvalue weighted by atomic mass is 9.42. The number of hydrogen-bond donors (Lipinski definition) is 3. The highest BCUT2D eigenvalue weighted by Crippen LogP contribution is 2.68. The number of rotatable bonds is 2. The van der Waals surface area contributed by atoms with E-state index >= 15 is 0 Å². The van der Waals surface area contributed by atoms with Gasteiger partial charge in [-0.05, 0) is 49.1 Å². The molecule has 0 radical (unpaired) electrons. The number of Topliss-reactive ketones (excluding diaryl/α,β-unsaturated/α-hetero) is 1. The Morgan fingerprint density at radius 2 is 1.71 bits per heavy atom. The van der Waals surface area contributed by atoms with E-state index in [2.05, 4.69) is 19.2 Å². The summed E-state index contributed by atoms with van der Waals surface area (Å²) in [5, 5.41) is 23.4. The minimum Gasteiger partial charge on any atom is -0.393 e. The Morgan fingerprint density at radius 3 is 2.39 bits per heavy atom. The van der Waals surface area contributed by atoms with Crippen LogP contribution in [0.5, 0.6) is 0 Å². The van der Waals surface area contributed by atoms with Crippen LogP contribution in [0.4, 0.5) is 0 Å². The van der Waals surface area contributed by atoms with Crippen LogP contribution in [-0.4, -0.2) is 59.6 Å². The van der Waals surface area contributed by atoms with Crippen molar-refractivity contribution in [2.24, 2.45) is 40.4 Å². The molecular formula is C29H39NO7S. The van der Waals surface area contributed by atoms with Gasteiger partial charge in [0.25, 0.3) is 0 Å². The zero-order valence-electron chi connectivity index (χ0n) is 22.5. The molecule has 0 bridgehead atoms. The molecule has 38 heavy (non-hydrogen) atoms. The average Bonchev–Trinajstić information content (AvgIpc) is 3.15.